The predicted octanol–water partition coefficient (Wildman–Crippen LogP) is 0.981. The standard InChI is InChI=1S/C35H42N10O7/c1-52-26-14-4-21(5-15-26)19-27(43-31(49)23-8-12-25(13-9-23)42-35(38)39)32(50)45-18-17-44(20-29(46)47)33(51)28(45)3-2-16-40-30(48)22-6-10-24(11-7-22)41-34(36)37/h4-15,27-28H,2-3,16-20H2,1H3,(H,40,48)(H,43,49)(H,46,47)(H4,36,37,41)(H4,38,39,42). The average molecular weight is 715 g/mol. The third kappa shape index (κ3) is 10.7. The summed E-state index contributed by atoms with van der Waals surface area (Å²) in [5.74, 6) is -3.12. The summed E-state index contributed by atoms with van der Waals surface area (Å²) < 4.78 is 5.24. The van der Waals surface area contributed by atoms with E-state index in [1.807, 2.05) is 0 Å². The Morgan fingerprint density at radius 3 is 1.94 bits per heavy atom. The van der Waals surface area contributed by atoms with Crippen molar-refractivity contribution in [3.8, 4) is 5.75 Å². The van der Waals surface area contributed by atoms with Crippen LogP contribution in [0.4, 0.5) is 11.4 Å². The van der Waals surface area contributed by atoms with E-state index >= 15 is 0 Å². The third-order valence-corrected chi connectivity index (χ3v) is 8.19. The molecule has 2 atom stereocenters. The molecule has 17 heteroatoms. The van der Waals surface area contributed by atoms with Crippen LogP contribution in [-0.4, -0.2) is 102 Å². The smallest absolute Gasteiger partial charge is 0.323 e. The molecule has 0 saturated carbocycles. The minimum absolute atomic E-state index is 0.0214. The lowest BCUT2D eigenvalue weighted by Gasteiger charge is -2.41. The molecule has 2 unspecified atom stereocenters. The van der Waals surface area contributed by atoms with E-state index in [-0.39, 0.29) is 62.3 Å². The molecule has 0 spiro atoms. The molecular weight excluding hydrogens is 672 g/mol. The molecule has 4 amide bonds. The number of piperazine rings is 1. The van der Waals surface area contributed by atoms with Crippen molar-refractivity contribution in [2.45, 2.75) is 31.3 Å². The van der Waals surface area contributed by atoms with Gasteiger partial charge in [-0.2, -0.15) is 0 Å². The van der Waals surface area contributed by atoms with Crippen molar-refractivity contribution in [1.82, 2.24) is 20.4 Å². The number of carboxylic acids is 1. The number of methoxy groups -OCH3 is 1. The summed E-state index contributed by atoms with van der Waals surface area (Å²) in [6.45, 7) is -0.386. The van der Waals surface area contributed by atoms with E-state index in [1.165, 1.54) is 29.0 Å². The van der Waals surface area contributed by atoms with E-state index in [0.29, 0.717) is 28.3 Å². The Morgan fingerprint density at radius 2 is 1.42 bits per heavy atom. The van der Waals surface area contributed by atoms with E-state index in [2.05, 4.69) is 21.3 Å². The van der Waals surface area contributed by atoms with Crippen molar-refractivity contribution in [3.63, 3.8) is 0 Å². The fourth-order valence-electron chi connectivity index (χ4n) is 5.66. The molecule has 17 nitrogen and oxygen atoms in total. The van der Waals surface area contributed by atoms with Gasteiger partial charge in [0.2, 0.25) is 11.8 Å². The maximum Gasteiger partial charge on any atom is 0.323 e. The number of nitrogens with two attached hydrogens (primary N) is 2. The Bertz CT molecular complexity index is 1780. The molecule has 0 aromatic heterocycles. The van der Waals surface area contributed by atoms with Gasteiger partial charge < -0.3 is 52.4 Å². The van der Waals surface area contributed by atoms with Crippen LogP contribution in [0.15, 0.2) is 72.8 Å². The number of hydrogen-bond donors (Lipinski definition) is 9. The molecule has 52 heavy (non-hydrogen) atoms. The number of benzene rings is 3. The number of aliphatic carboxylic acids is 1. The molecule has 1 heterocycles. The second kappa shape index (κ2) is 17.8. The molecule has 1 fully saturated rings. The number of hydrogen-bond acceptors (Lipinski definition) is 8. The highest BCUT2D eigenvalue weighted by molar-refractivity contribution is 6.00. The highest BCUT2D eigenvalue weighted by atomic mass is 16.5. The number of carbonyl (C=O) groups excluding carboxylic acids is 4. The van der Waals surface area contributed by atoms with Crippen LogP contribution in [0.2, 0.25) is 0 Å². The topological polar surface area (TPSA) is 269 Å². The van der Waals surface area contributed by atoms with Crippen LogP contribution in [0, 0.1) is 10.8 Å². The highest BCUT2D eigenvalue weighted by Gasteiger charge is 2.40. The fraction of sp³-hybridized carbons (Fsp3) is 0.286. The van der Waals surface area contributed by atoms with Gasteiger partial charge in [0.05, 0.1) is 7.11 Å². The van der Waals surface area contributed by atoms with Crippen LogP contribution in [0.1, 0.15) is 39.1 Å². The van der Waals surface area contributed by atoms with Gasteiger partial charge in [-0.25, -0.2) is 0 Å². The second-order valence-corrected chi connectivity index (χ2v) is 11.9. The van der Waals surface area contributed by atoms with Gasteiger partial charge in [0, 0.05) is 48.6 Å². The van der Waals surface area contributed by atoms with E-state index in [9.17, 15) is 29.1 Å². The van der Waals surface area contributed by atoms with Crippen LogP contribution >= 0.6 is 0 Å². The SMILES string of the molecule is COc1ccc(CC(NC(=O)c2ccc(NC(=N)N)cc2)C(=O)N2CCN(CC(=O)O)C(=O)C2CCCNC(=O)c2ccc(NC(=N)N)cc2)cc1. The van der Waals surface area contributed by atoms with Crippen molar-refractivity contribution < 1.29 is 33.8 Å². The number of carbonyl (C=O) groups is 5. The van der Waals surface area contributed by atoms with Gasteiger partial charge in [-0.15, -0.1) is 0 Å². The summed E-state index contributed by atoms with van der Waals surface area (Å²) in [6, 6.07) is 17.3. The zero-order valence-corrected chi connectivity index (χ0v) is 28.5. The second-order valence-electron chi connectivity index (χ2n) is 11.9. The normalized spacial score (nSPS) is 14.5. The summed E-state index contributed by atoms with van der Waals surface area (Å²) in [7, 11) is 1.53. The first kappa shape index (κ1) is 38.2. The first-order valence-electron chi connectivity index (χ1n) is 16.3. The summed E-state index contributed by atoms with van der Waals surface area (Å²) >= 11 is 0. The number of amides is 4. The van der Waals surface area contributed by atoms with E-state index in [1.54, 1.807) is 60.7 Å². The van der Waals surface area contributed by atoms with Crippen LogP contribution in [0.25, 0.3) is 0 Å². The van der Waals surface area contributed by atoms with Crippen LogP contribution in [0.5, 0.6) is 5.75 Å². The monoisotopic (exact) mass is 714 g/mol. The molecular formula is C35H42N10O7. The van der Waals surface area contributed by atoms with Crippen molar-refractivity contribution in [2.24, 2.45) is 11.5 Å². The fourth-order valence-corrected chi connectivity index (χ4v) is 5.66. The summed E-state index contributed by atoms with van der Waals surface area (Å²) in [4.78, 5) is 68.3. The zero-order chi connectivity index (χ0) is 37.8. The third-order valence-electron chi connectivity index (χ3n) is 8.19. The molecule has 3 aromatic carbocycles. The zero-order valence-electron chi connectivity index (χ0n) is 28.5. The lowest BCUT2D eigenvalue weighted by Crippen LogP contribution is -2.63. The molecule has 1 saturated heterocycles. The highest BCUT2D eigenvalue weighted by Crippen LogP contribution is 2.21. The Labute approximate surface area is 299 Å². The lowest BCUT2D eigenvalue weighted by atomic mass is 9.99. The van der Waals surface area contributed by atoms with Gasteiger partial charge in [0.1, 0.15) is 24.4 Å². The number of anilines is 2. The van der Waals surface area contributed by atoms with Crippen molar-refractivity contribution in [1.29, 1.82) is 10.8 Å². The summed E-state index contributed by atoms with van der Waals surface area (Å²) in [5, 5.41) is 35.0. The molecule has 3 aromatic rings. The quantitative estimate of drug-likeness (QED) is 0.0608. The van der Waals surface area contributed by atoms with Crippen molar-refractivity contribution in [2.75, 3.05) is 43.9 Å². The number of nitrogens with one attached hydrogen (secondary N) is 6. The summed E-state index contributed by atoms with van der Waals surface area (Å²) in [6.07, 6.45) is 0.453. The van der Waals surface area contributed by atoms with E-state index in [4.69, 9.17) is 27.0 Å². The maximum atomic E-state index is 14.3. The maximum absolute atomic E-state index is 14.3. The molecule has 0 bridgehead atoms. The lowest BCUT2D eigenvalue weighted by molar-refractivity contribution is -0.156. The van der Waals surface area contributed by atoms with Gasteiger partial charge >= 0.3 is 5.97 Å². The summed E-state index contributed by atoms with van der Waals surface area (Å²) in [5.41, 5.74) is 13.1. The Morgan fingerprint density at radius 1 is 0.865 bits per heavy atom. The number of nitrogens with zero attached hydrogens (tertiary/aromatic N) is 2. The Kier molecular flexibility index (Phi) is 13.1. The molecule has 1 aliphatic heterocycles. The number of guanidine groups is 2. The number of ether oxygens (including phenoxy) is 1. The van der Waals surface area contributed by atoms with Crippen molar-refractivity contribution in [3.05, 3.63) is 89.5 Å². The Hall–Kier alpha value is -6.65. The van der Waals surface area contributed by atoms with Gasteiger partial charge in [-0.1, -0.05) is 12.1 Å². The van der Waals surface area contributed by atoms with Gasteiger partial charge in [-0.05, 0) is 79.1 Å². The van der Waals surface area contributed by atoms with Gasteiger partial charge in [-0.3, -0.25) is 34.8 Å². The van der Waals surface area contributed by atoms with E-state index in [0.717, 1.165) is 0 Å². The largest absolute Gasteiger partial charge is 0.497 e. The molecule has 11 N–H and O–H groups in total. The first-order valence-corrected chi connectivity index (χ1v) is 16.3. The minimum atomic E-state index is -1.20. The molecule has 1 aliphatic rings. The number of carboxylic acid groups (broad SMARTS) is 1. The van der Waals surface area contributed by atoms with E-state index < -0.39 is 42.3 Å². The van der Waals surface area contributed by atoms with Crippen LogP contribution < -0.4 is 37.5 Å². The number of rotatable bonds is 15. The average Bonchev–Trinajstić information content (AvgIpc) is 3.11. The minimum Gasteiger partial charge on any atom is -0.497 e. The predicted molar refractivity (Wildman–Crippen MR) is 193 cm³/mol. The van der Waals surface area contributed by atoms with Crippen molar-refractivity contribution >= 4 is 52.9 Å². The molecule has 0 radical (unpaired) electrons. The van der Waals surface area contributed by atoms with Crippen LogP contribution in [0.3, 0.4) is 0 Å². The Balaban J connectivity index is 1.52. The molecule has 0 aliphatic carbocycles. The molecule has 4 rings (SSSR count). The van der Waals surface area contributed by atoms with Crippen LogP contribution in [-0.2, 0) is 20.8 Å². The van der Waals surface area contributed by atoms with Gasteiger partial charge in [0.15, 0.2) is 11.9 Å². The molecule has 274 valence electrons. The van der Waals surface area contributed by atoms with Gasteiger partial charge in [0.25, 0.3) is 11.8 Å². The first-order chi connectivity index (χ1) is 24.8.